The molecule has 3 aromatic rings. The molecule has 0 saturated carbocycles. The first kappa shape index (κ1) is 11.6. The molecule has 19 heavy (non-hydrogen) atoms. The normalized spacial score (nSPS) is 10.8. The molecular weight excluding hydrogens is 243 g/mol. The minimum Gasteiger partial charge on any atom is -0.303 e. The maximum absolute atomic E-state index is 12.8. The standard InChI is InChI=1S/C15H11FN2O/c16-13-3-1-11(2-4-13)8-15-17-9-14-7-12(10-19)5-6-18(14)15/h1-7,9-10H,8H2. The van der Waals surface area contributed by atoms with Crippen molar-refractivity contribution >= 4 is 11.8 Å². The van der Waals surface area contributed by atoms with Crippen molar-refractivity contribution < 1.29 is 9.18 Å². The van der Waals surface area contributed by atoms with Crippen molar-refractivity contribution in [3.05, 3.63) is 71.6 Å². The molecule has 0 N–H and O–H groups in total. The number of imidazole rings is 1. The van der Waals surface area contributed by atoms with Gasteiger partial charge in [0.15, 0.2) is 0 Å². The van der Waals surface area contributed by atoms with E-state index >= 15 is 0 Å². The Kier molecular flexibility index (Phi) is 2.83. The lowest BCUT2D eigenvalue weighted by atomic mass is 10.1. The monoisotopic (exact) mass is 254 g/mol. The van der Waals surface area contributed by atoms with Crippen molar-refractivity contribution in [1.82, 2.24) is 9.38 Å². The highest BCUT2D eigenvalue weighted by atomic mass is 19.1. The first-order chi connectivity index (χ1) is 9.26. The van der Waals surface area contributed by atoms with Crippen LogP contribution in [0.4, 0.5) is 4.39 Å². The summed E-state index contributed by atoms with van der Waals surface area (Å²) < 4.78 is 14.8. The smallest absolute Gasteiger partial charge is 0.150 e. The number of fused-ring (bicyclic) bond motifs is 1. The number of aldehydes is 1. The average Bonchev–Trinajstić information content (AvgIpc) is 2.83. The van der Waals surface area contributed by atoms with Crippen LogP contribution in [0.3, 0.4) is 0 Å². The second kappa shape index (κ2) is 4.65. The maximum atomic E-state index is 12.8. The highest BCUT2D eigenvalue weighted by Gasteiger charge is 2.05. The summed E-state index contributed by atoms with van der Waals surface area (Å²) in [7, 11) is 0. The Labute approximate surface area is 109 Å². The molecule has 0 amide bonds. The Hall–Kier alpha value is -2.49. The van der Waals surface area contributed by atoms with Gasteiger partial charge in [0.05, 0.1) is 11.7 Å². The Morgan fingerprint density at radius 1 is 1.21 bits per heavy atom. The van der Waals surface area contributed by atoms with Gasteiger partial charge in [-0.15, -0.1) is 0 Å². The molecule has 0 atom stereocenters. The zero-order valence-corrected chi connectivity index (χ0v) is 10.1. The second-order valence-corrected chi connectivity index (χ2v) is 4.35. The van der Waals surface area contributed by atoms with Crippen molar-refractivity contribution in [1.29, 1.82) is 0 Å². The van der Waals surface area contributed by atoms with Crippen LogP contribution in [0.5, 0.6) is 0 Å². The topological polar surface area (TPSA) is 34.4 Å². The van der Waals surface area contributed by atoms with Crippen LogP contribution < -0.4 is 0 Å². The molecule has 2 aromatic heterocycles. The zero-order valence-electron chi connectivity index (χ0n) is 10.1. The quantitative estimate of drug-likeness (QED) is 0.673. The molecule has 3 rings (SSSR count). The molecule has 0 aliphatic carbocycles. The van der Waals surface area contributed by atoms with Gasteiger partial charge in [0.25, 0.3) is 0 Å². The number of aromatic nitrogens is 2. The molecule has 4 heteroatoms. The van der Waals surface area contributed by atoms with Crippen LogP contribution in [0.2, 0.25) is 0 Å². The van der Waals surface area contributed by atoms with Crippen molar-refractivity contribution in [2.24, 2.45) is 0 Å². The van der Waals surface area contributed by atoms with E-state index < -0.39 is 0 Å². The van der Waals surface area contributed by atoms with E-state index in [4.69, 9.17) is 0 Å². The summed E-state index contributed by atoms with van der Waals surface area (Å²) in [5, 5.41) is 0. The molecule has 0 saturated heterocycles. The third-order valence-corrected chi connectivity index (χ3v) is 3.04. The fraction of sp³-hybridized carbons (Fsp3) is 0.0667. The number of halogens is 1. The van der Waals surface area contributed by atoms with Crippen molar-refractivity contribution in [2.75, 3.05) is 0 Å². The van der Waals surface area contributed by atoms with Crippen LogP contribution in [0, 0.1) is 5.82 Å². The predicted molar refractivity (Wildman–Crippen MR) is 69.8 cm³/mol. The summed E-state index contributed by atoms with van der Waals surface area (Å²) in [6, 6.07) is 9.90. The summed E-state index contributed by atoms with van der Waals surface area (Å²) in [5.41, 5.74) is 2.50. The van der Waals surface area contributed by atoms with Crippen LogP contribution in [-0.4, -0.2) is 15.7 Å². The molecule has 0 bridgehead atoms. The average molecular weight is 254 g/mol. The van der Waals surface area contributed by atoms with Gasteiger partial charge >= 0.3 is 0 Å². The number of benzene rings is 1. The summed E-state index contributed by atoms with van der Waals surface area (Å²) in [5.74, 6) is 0.617. The van der Waals surface area contributed by atoms with Crippen molar-refractivity contribution in [2.45, 2.75) is 6.42 Å². The van der Waals surface area contributed by atoms with Gasteiger partial charge in [-0.1, -0.05) is 12.1 Å². The van der Waals surface area contributed by atoms with Crippen molar-refractivity contribution in [3.63, 3.8) is 0 Å². The van der Waals surface area contributed by atoms with Gasteiger partial charge in [0.1, 0.15) is 17.9 Å². The number of carbonyl (C=O) groups excluding carboxylic acids is 1. The fourth-order valence-corrected chi connectivity index (χ4v) is 2.06. The van der Waals surface area contributed by atoms with E-state index in [1.807, 2.05) is 10.6 Å². The summed E-state index contributed by atoms with van der Waals surface area (Å²) in [6.45, 7) is 0. The molecule has 0 radical (unpaired) electrons. The van der Waals surface area contributed by atoms with Gasteiger partial charge in [-0.3, -0.25) is 4.79 Å². The third kappa shape index (κ3) is 2.25. The van der Waals surface area contributed by atoms with Gasteiger partial charge in [0.2, 0.25) is 0 Å². The minimum absolute atomic E-state index is 0.243. The Balaban J connectivity index is 1.97. The number of rotatable bonds is 3. The summed E-state index contributed by atoms with van der Waals surface area (Å²) in [4.78, 5) is 15.1. The van der Waals surface area contributed by atoms with E-state index in [0.29, 0.717) is 12.0 Å². The van der Waals surface area contributed by atoms with Gasteiger partial charge in [-0.25, -0.2) is 9.37 Å². The van der Waals surface area contributed by atoms with E-state index in [1.165, 1.54) is 12.1 Å². The molecular formula is C15H11FN2O. The van der Waals surface area contributed by atoms with Crippen LogP contribution in [-0.2, 0) is 6.42 Å². The molecule has 0 spiro atoms. The maximum Gasteiger partial charge on any atom is 0.150 e. The lowest BCUT2D eigenvalue weighted by Gasteiger charge is -2.02. The molecule has 0 aliphatic rings. The Morgan fingerprint density at radius 2 is 2.00 bits per heavy atom. The lowest BCUT2D eigenvalue weighted by molar-refractivity contribution is 0.112. The minimum atomic E-state index is -0.243. The highest BCUT2D eigenvalue weighted by Crippen LogP contribution is 2.13. The lowest BCUT2D eigenvalue weighted by Crippen LogP contribution is -1.97. The summed E-state index contributed by atoms with van der Waals surface area (Å²) in [6.07, 6.45) is 4.98. The van der Waals surface area contributed by atoms with E-state index in [2.05, 4.69) is 4.98 Å². The largest absolute Gasteiger partial charge is 0.303 e. The van der Waals surface area contributed by atoms with Crippen LogP contribution in [0.1, 0.15) is 21.7 Å². The second-order valence-electron chi connectivity index (χ2n) is 4.35. The van der Waals surface area contributed by atoms with E-state index in [0.717, 1.165) is 23.2 Å². The number of pyridine rings is 1. The van der Waals surface area contributed by atoms with E-state index in [9.17, 15) is 9.18 Å². The van der Waals surface area contributed by atoms with Gasteiger partial charge in [-0.05, 0) is 29.8 Å². The zero-order chi connectivity index (χ0) is 13.2. The molecule has 94 valence electrons. The fourth-order valence-electron chi connectivity index (χ4n) is 2.06. The predicted octanol–water partition coefficient (Wildman–Crippen LogP) is 2.88. The molecule has 1 aromatic carbocycles. The third-order valence-electron chi connectivity index (χ3n) is 3.04. The SMILES string of the molecule is O=Cc1ccn2c(Cc3ccc(F)cc3)ncc2c1. The van der Waals surface area contributed by atoms with Crippen LogP contribution in [0.25, 0.3) is 5.52 Å². The molecule has 2 heterocycles. The Morgan fingerprint density at radius 3 is 2.74 bits per heavy atom. The number of hydrogen-bond donors (Lipinski definition) is 0. The highest BCUT2D eigenvalue weighted by molar-refractivity contribution is 5.77. The number of nitrogens with zero attached hydrogens (tertiary/aromatic N) is 2. The first-order valence-electron chi connectivity index (χ1n) is 5.92. The van der Waals surface area contributed by atoms with E-state index in [1.54, 1.807) is 30.5 Å². The Bertz CT molecular complexity index is 731. The number of carbonyl (C=O) groups is 1. The van der Waals surface area contributed by atoms with Gasteiger partial charge < -0.3 is 4.40 Å². The number of hydrogen-bond acceptors (Lipinski definition) is 2. The first-order valence-corrected chi connectivity index (χ1v) is 5.92. The molecule has 3 nitrogen and oxygen atoms in total. The van der Waals surface area contributed by atoms with Crippen molar-refractivity contribution in [3.8, 4) is 0 Å². The van der Waals surface area contributed by atoms with Crippen LogP contribution >= 0.6 is 0 Å². The van der Waals surface area contributed by atoms with Gasteiger partial charge in [-0.2, -0.15) is 0 Å². The van der Waals surface area contributed by atoms with Crippen LogP contribution in [0.15, 0.2) is 48.8 Å². The summed E-state index contributed by atoms with van der Waals surface area (Å²) >= 11 is 0. The molecule has 0 aliphatic heterocycles. The molecule has 0 unspecified atom stereocenters. The van der Waals surface area contributed by atoms with Gasteiger partial charge in [0, 0.05) is 18.2 Å². The van der Waals surface area contributed by atoms with E-state index in [-0.39, 0.29) is 5.82 Å². The molecule has 0 fully saturated rings.